The lowest BCUT2D eigenvalue weighted by molar-refractivity contribution is -0.134. The molecule has 1 aliphatic carbocycles. The van der Waals surface area contributed by atoms with Gasteiger partial charge in [0.25, 0.3) is 0 Å². The van der Waals surface area contributed by atoms with Gasteiger partial charge in [-0.05, 0) is 39.5 Å². The number of hydrogen-bond donors (Lipinski definition) is 1. The number of carbonyl (C=O) groups is 2. The molecule has 0 heterocycles. The van der Waals surface area contributed by atoms with Crippen LogP contribution in [0.1, 0.15) is 46.5 Å². The molecule has 2 amide bonds. The zero-order chi connectivity index (χ0) is 13.7. The molecule has 18 heavy (non-hydrogen) atoms. The third-order valence-corrected chi connectivity index (χ3v) is 3.74. The Labute approximate surface area is 114 Å². The highest BCUT2D eigenvalue weighted by Gasteiger charge is 2.29. The molecule has 0 radical (unpaired) electrons. The average molecular weight is 275 g/mol. The summed E-state index contributed by atoms with van der Waals surface area (Å²) in [6.07, 6.45) is 3.74. The highest BCUT2D eigenvalue weighted by Crippen LogP contribution is 2.24. The minimum absolute atomic E-state index is 0.0193. The van der Waals surface area contributed by atoms with Crippen molar-refractivity contribution >= 4 is 23.4 Å². The number of nitrogens with zero attached hydrogens (tertiary/aromatic N) is 1. The predicted octanol–water partition coefficient (Wildman–Crippen LogP) is 1.91. The highest BCUT2D eigenvalue weighted by molar-refractivity contribution is 6.27. The monoisotopic (exact) mass is 274 g/mol. The molecule has 1 N–H and O–H groups in total. The normalized spacial score (nSPS) is 23.8. The summed E-state index contributed by atoms with van der Waals surface area (Å²) in [5, 5.41) is 2.91. The summed E-state index contributed by atoms with van der Waals surface area (Å²) in [5.41, 5.74) is 0. The lowest BCUT2D eigenvalue weighted by Crippen LogP contribution is -2.48. The number of alkyl halides is 1. The fraction of sp³-hybridized carbons (Fsp3) is 0.846. The van der Waals surface area contributed by atoms with E-state index >= 15 is 0 Å². The van der Waals surface area contributed by atoms with Crippen molar-refractivity contribution < 1.29 is 9.59 Å². The second-order valence-corrected chi connectivity index (χ2v) is 5.49. The van der Waals surface area contributed by atoms with E-state index in [2.05, 4.69) is 5.32 Å². The summed E-state index contributed by atoms with van der Waals surface area (Å²) < 4.78 is 0. The van der Waals surface area contributed by atoms with Crippen LogP contribution in [0.25, 0.3) is 0 Å². The molecule has 1 aliphatic rings. The van der Waals surface area contributed by atoms with Crippen molar-refractivity contribution in [2.75, 3.05) is 5.88 Å². The first-order valence-corrected chi connectivity index (χ1v) is 7.13. The number of rotatable bonds is 4. The van der Waals surface area contributed by atoms with Gasteiger partial charge >= 0.3 is 0 Å². The Kier molecular flexibility index (Phi) is 5.93. The number of carbonyl (C=O) groups excluding carboxylic acids is 2. The van der Waals surface area contributed by atoms with E-state index in [1.165, 1.54) is 0 Å². The minimum atomic E-state index is -0.104. The number of nitrogens with one attached hydrogen (secondary N) is 1. The van der Waals surface area contributed by atoms with Crippen LogP contribution in [-0.4, -0.2) is 40.7 Å². The Morgan fingerprint density at radius 1 is 1.28 bits per heavy atom. The molecule has 0 saturated heterocycles. The first-order chi connectivity index (χ1) is 8.45. The maximum atomic E-state index is 11.6. The van der Waals surface area contributed by atoms with Gasteiger partial charge in [0.2, 0.25) is 11.8 Å². The largest absolute Gasteiger partial charge is 0.352 e. The van der Waals surface area contributed by atoms with Gasteiger partial charge in [0.15, 0.2) is 0 Å². The molecule has 1 fully saturated rings. The molecule has 0 aliphatic heterocycles. The molecule has 1 rings (SSSR count). The van der Waals surface area contributed by atoms with Gasteiger partial charge in [-0.3, -0.25) is 9.59 Å². The van der Waals surface area contributed by atoms with Crippen LogP contribution in [0.15, 0.2) is 0 Å². The third-order valence-electron chi connectivity index (χ3n) is 3.50. The van der Waals surface area contributed by atoms with E-state index in [9.17, 15) is 9.59 Å². The fourth-order valence-corrected chi connectivity index (χ4v) is 2.88. The molecule has 104 valence electrons. The molecule has 0 unspecified atom stereocenters. The number of amides is 2. The minimum Gasteiger partial charge on any atom is -0.352 e. The quantitative estimate of drug-likeness (QED) is 0.796. The SMILES string of the molecule is CC(=O)N(C(C)C)C1CCC(NC(=O)CCl)CC1. The van der Waals surface area contributed by atoms with E-state index in [0.29, 0.717) is 6.04 Å². The first-order valence-electron chi connectivity index (χ1n) is 6.60. The van der Waals surface area contributed by atoms with E-state index in [1.807, 2.05) is 18.7 Å². The predicted molar refractivity (Wildman–Crippen MR) is 72.6 cm³/mol. The van der Waals surface area contributed by atoms with Crippen LogP contribution in [-0.2, 0) is 9.59 Å². The summed E-state index contributed by atoms with van der Waals surface area (Å²) >= 11 is 5.47. The van der Waals surface area contributed by atoms with E-state index in [1.54, 1.807) is 6.92 Å². The Bertz CT molecular complexity index is 299. The smallest absolute Gasteiger partial charge is 0.235 e. The van der Waals surface area contributed by atoms with Gasteiger partial charge in [-0.25, -0.2) is 0 Å². The van der Waals surface area contributed by atoms with Crippen molar-refractivity contribution in [3.05, 3.63) is 0 Å². The van der Waals surface area contributed by atoms with E-state index in [-0.39, 0.29) is 29.8 Å². The number of hydrogen-bond acceptors (Lipinski definition) is 2. The fourth-order valence-electron chi connectivity index (χ4n) is 2.81. The lowest BCUT2D eigenvalue weighted by Gasteiger charge is -2.39. The standard InChI is InChI=1S/C13H23ClN2O2/c1-9(2)16(10(3)17)12-6-4-11(5-7-12)15-13(18)8-14/h9,11-12H,4-8H2,1-3H3,(H,15,18). The van der Waals surface area contributed by atoms with Crippen molar-refractivity contribution in [2.24, 2.45) is 0 Å². The van der Waals surface area contributed by atoms with Crippen molar-refractivity contribution in [3.63, 3.8) is 0 Å². The van der Waals surface area contributed by atoms with E-state index < -0.39 is 0 Å². The lowest BCUT2D eigenvalue weighted by atomic mass is 9.89. The van der Waals surface area contributed by atoms with Crippen LogP contribution in [0.4, 0.5) is 0 Å². The molecule has 0 aromatic heterocycles. The zero-order valence-corrected chi connectivity index (χ0v) is 12.2. The highest BCUT2D eigenvalue weighted by atomic mass is 35.5. The zero-order valence-electron chi connectivity index (χ0n) is 11.4. The molecule has 5 heteroatoms. The van der Waals surface area contributed by atoms with E-state index in [0.717, 1.165) is 25.7 Å². The molecule has 4 nitrogen and oxygen atoms in total. The Balaban J connectivity index is 2.47. The summed E-state index contributed by atoms with van der Waals surface area (Å²) in [5.74, 6) is 0.0523. The molecule has 0 atom stereocenters. The summed E-state index contributed by atoms with van der Waals surface area (Å²) in [6, 6.07) is 0.765. The van der Waals surface area contributed by atoms with Crippen LogP contribution in [0.5, 0.6) is 0 Å². The van der Waals surface area contributed by atoms with Gasteiger partial charge in [-0.2, -0.15) is 0 Å². The summed E-state index contributed by atoms with van der Waals surface area (Å²) in [6.45, 7) is 5.72. The third kappa shape index (κ3) is 4.16. The molecule has 0 aromatic carbocycles. The van der Waals surface area contributed by atoms with Gasteiger partial charge in [-0.1, -0.05) is 0 Å². The molecular weight excluding hydrogens is 252 g/mol. The van der Waals surface area contributed by atoms with Gasteiger partial charge in [-0.15, -0.1) is 11.6 Å². The van der Waals surface area contributed by atoms with Crippen molar-refractivity contribution in [1.82, 2.24) is 10.2 Å². The molecule has 0 bridgehead atoms. The van der Waals surface area contributed by atoms with Crippen LogP contribution in [0, 0.1) is 0 Å². The second-order valence-electron chi connectivity index (χ2n) is 5.23. The number of halogens is 1. The molecule has 1 saturated carbocycles. The van der Waals surface area contributed by atoms with Crippen molar-refractivity contribution in [2.45, 2.75) is 64.6 Å². The van der Waals surface area contributed by atoms with Gasteiger partial charge in [0, 0.05) is 25.0 Å². The van der Waals surface area contributed by atoms with Crippen molar-refractivity contribution in [1.29, 1.82) is 0 Å². The maximum Gasteiger partial charge on any atom is 0.235 e. The van der Waals surface area contributed by atoms with E-state index in [4.69, 9.17) is 11.6 Å². The first kappa shape index (κ1) is 15.3. The Morgan fingerprint density at radius 2 is 1.83 bits per heavy atom. The molecule has 0 spiro atoms. The molecule has 0 aromatic rings. The van der Waals surface area contributed by atoms with Crippen LogP contribution < -0.4 is 5.32 Å². The average Bonchev–Trinajstić information content (AvgIpc) is 2.30. The van der Waals surface area contributed by atoms with Crippen molar-refractivity contribution in [3.8, 4) is 0 Å². The van der Waals surface area contributed by atoms with Crippen LogP contribution in [0.2, 0.25) is 0 Å². The second kappa shape index (κ2) is 6.98. The van der Waals surface area contributed by atoms with Gasteiger partial charge in [0.1, 0.15) is 5.88 Å². The summed E-state index contributed by atoms with van der Waals surface area (Å²) in [7, 11) is 0. The topological polar surface area (TPSA) is 49.4 Å². The Morgan fingerprint density at radius 3 is 2.22 bits per heavy atom. The van der Waals surface area contributed by atoms with Gasteiger partial charge < -0.3 is 10.2 Å². The Hall–Kier alpha value is -0.770. The molecular formula is C13H23ClN2O2. The van der Waals surface area contributed by atoms with Crippen LogP contribution >= 0.6 is 11.6 Å². The summed E-state index contributed by atoms with van der Waals surface area (Å²) in [4.78, 5) is 24.8. The van der Waals surface area contributed by atoms with Crippen LogP contribution in [0.3, 0.4) is 0 Å². The maximum absolute atomic E-state index is 11.6. The van der Waals surface area contributed by atoms with Gasteiger partial charge in [0.05, 0.1) is 0 Å².